The molecule has 1 aromatic heterocycles. The number of carbonyl (C=O) groups excluding carboxylic acids is 1. The maximum atomic E-state index is 12.0. The summed E-state index contributed by atoms with van der Waals surface area (Å²) in [4.78, 5) is 22.9. The van der Waals surface area contributed by atoms with Gasteiger partial charge >= 0.3 is 5.97 Å². The molecule has 0 aliphatic heterocycles. The molecule has 1 atom stereocenters. The van der Waals surface area contributed by atoms with Gasteiger partial charge in [0, 0.05) is 16.5 Å². The molecule has 1 heterocycles. The fraction of sp³-hybridized carbons (Fsp3) is 0.250. The zero-order chi connectivity index (χ0) is 15.6. The zero-order valence-corrected chi connectivity index (χ0v) is 12.1. The average molecular weight is 287 g/mol. The molecule has 5 heteroatoms. The molecular weight excluding hydrogens is 270 g/mol. The van der Waals surface area contributed by atoms with Crippen LogP contribution in [0.3, 0.4) is 0 Å². The molecule has 2 N–H and O–H groups in total. The van der Waals surface area contributed by atoms with E-state index < -0.39 is 11.9 Å². The van der Waals surface area contributed by atoms with Crippen LogP contribution in [-0.2, 0) is 9.59 Å². The van der Waals surface area contributed by atoms with E-state index in [1.807, 2.05) is 30.3 Å². The van der Waals surface area contributed by atoms with E-state index >= 15 is 0 Å². The maximum absolute atomic E-state index is 12.0. The van der Waals surface area contributed by atoms with Crippen molar-refractivity contribution in [2.24, 2.45) is 0 Å². The van der Waals surface area contributed by atoms with Crippen LogP contribution in [0.1, 0.15) is 32.6 Å². The molecule has 0 aliphatic rings. The standard InChI is InChI=1S/C16H17NO4/c1-9(10(2)16(19)20)15(18)17-11(3)14-8-12-6-4-5-7-13(12)21-14/h4-8,11H,1-3H3,(H,17,18)(H,19,20). The highest BCUT2D eigenvalue weighted by molar-refractivity contribution is 6.01. The Hall–Kier alpha value is -2.56. The van der Waals surface area contributed by atoms with E-state index in [2.05, 4.69) is 5.32 Å². The van der Waals surface area contributed by atoms with Gasteiger partial charge in [0.25, 0.3) is 0 Å². The van der Waals surface area contributed by atoms with Gasteiger partial charge in [-0.2, -0.15) is 0 Å². The normalized spacial score (nSPS) is 13.7. The summed E-state index contributed by atoms with van der Waals surface area (Å²) in [5, 5.41) is 12.6. The molecule has 0 aliphatic carbocycles. The molecule has 110 valence electrons. The third-order valence-electron chi connectivity index (χ3n) is 3.44. The van der Waals surface area contributed by atoms with E-state index in [0.29, 0.717) is 5.76 Å². The van der Waals surface area contributed by atoms with Crippen LogP contribution in [0.2, 0.25) is 0 Å². The van der Waals surface area contributed by atoms with Gasteiger partial charge in [-0.25, -0.2) is 4.79 Å². The minimum Gasteiger partial charge on any atom is -0.478 e. The van der Waals surface area contributed by atoms with E-state index in [9.17, 15) is 9.59 Å². The molecule has 0 saturated carbocycles. The summed E-state index contributed by atoms with van der Waals surface area (Å²) in [5.74, 6) is -0.882. The number of amides is 1. The molecule has 0 bridgehead atoms. The fourth-order valence-corrected chi connectivity index (χ4v) is 1.92. The van der Waals surface area contributed by atoms with Crippen molar-refractivity contribution in [1.29, 1.82) is 0 Å². The van der Waals surface area contributed by atoms with Crippen LogP contribution >= 0.6 is 0 Å². The minimum atomic E-state index is -1.10. The first-order chi connectivity index (χ1) is 9.90. The highest BCUT2D eigenvalue weighted by Crippen LogP contribution is 2.23. The molecule has 0 saturated heterocycles. The van der Waals surface area contributed by atoms with Gasteiger partial charge in [0.05, 0.1) is 6.04 Å². The Labute approximate surface area is 122 Å². The Morgan fingerprint density at radius 1 is 1.19 bits per heavy atom. The summed E-state index contributed by atoms with van der Waals surface area (Å²) in [7, 11) is 0. The van der Waals surface area contributed by atoms with Crippen molar-refractivity contribution >= 4 is 22.8 Å². The van der Waals surface area contributed by atoms with Crippen molar-refractivity contribution in [2.45, 2.75) is 26.8 Å². The van der Waals surface area contributed by atoms with Crippen LogP contribution in [0.25, 0.3) is 11.0 Å². The number of rotatable bonds is 4. The Kier molecular flexibility index (Phi) is 4.12. The number of hydrogen-bond donors (Lipinski definition) is 2. The summed E-state index contributed by atoms with van der Waals surface area (Å²) in [6.45, 7) is 4.69. The number of carboxylic acid groups (broad SMARTS) is 1. The molecule has 2 rings (SSSR count). The van der Waals surface area contributed by atoms with E-state index in [1.54, 1.807) is 6.92 Å². The van der Waals surface area contributed by atoms with Crippen molar-refractivity contribution in [1.82, 2.24) is 5.32 Å². The first-order valence-corrected chi connectivity index (χ1v) is 6.60. The van der Waals surface area contributed by atoms with Crippen molar-refractivity contribution in [3.8, 4) is 0 Å². The van der Waals surface area contributed by atoms with Gasteiger partial charge in [-0.05, 0) is 32.9 Å². The van der Waals surface area contributed by atoms with Gasteiger partial charge in [0.15, 0.2) is 0 Å². The van der Waals surface area contributed by atoms with Gasteiger partial charge in [0.1, 0.15) is 11.3 Å². The monoisotopic (exact) mass is 287 g/mol. The molecule has 1 unspecified atom stereocenters. The summed E-state index contributed by atoms with van der Waals surface area (Å²) >= 11 is 0. The van der Waals surface area contributed by atoms with Gasteiger partial charge in [-0.15, -0.1) is 0 Å². The minimum absolute atomic E-state index is 0.0318. The first-order valence-electron chi connectivity index (χ1n) is 6.60. The Morgan fingerprint density at radius 2 is 1.86 bits per heavy atom. The summed E-state index contributed by atoms with van der Waals surface area (Å²) in [5.41, 5.74) is 0.970. The van der Waals surface area contributed by atoms with Crippen LogP contribution in [0.5, 0.6) is 0 Å². The van der Waals surface area contributed by atoms with Crippen LogP contribution in [0.15, 0.2) is 45.9 Å². The fourth-order valence-electron chi connectivity index (χ4n) is 1.92. The van der Waals surface area contributed by atoms with Crippen LogP contribution in [0, 0.1) is 0 Å². The second-order valence-electron chi connectivity index (χ2n) is 4.94. The topological polar surface area (TPSA) is 79.5 Å². The number of carbonyl (C=O) groups is 2. The van der Waals surface area contributed by atoms with E-state index in [0.717, 1.165) is 11.0 Å². The molecule has 0 fully saturated rings. The van der Waals surface area contributed by atoms with Gasteiger partial charge in [-0.3, -0.25) is 4.79 Å². The maximum Gasteiger partial charge on any atom is 0.331 e. The smallest absolute Gasteiger partial charge is 0.331 e. The molecule has 1 amide bonds. The van der Waals surface area contributed by atoms with Gasteiger partial charge < -0.3 is 14.8 Å². The number of carboxylic acids is 1. The van der Waals surface area contributed by atoms with E-state index in [1.165, 1.54) is 13.8 Å². The second kappa shape index (κ2) is 5.83. The third kappa shape index (κ3) is 3.13. The summed E-state index contributed by atoms with van der Waals surface area (Å²) < 4.78 is 5.67. The Morgan fingerprint density at radius 3 is 2.48 bits per heavy atom. The van der Waals surface area contributed by atoms with Crippen molar-refractivity contribution in [2.75, 3.05) is 0 Å². The SMILES string of the molecule is CC(C(=O)O)=C(C)C(=O)NC(C)c1cc2ccccc2o1. The van der Waals surface area contributed by atoms with E-state index in [4.69, 9.17) is 9.52 Å². The van der Waals surface area contributed by atoms with Crippen molar-refractivity contribution < 1.29 is 19.1 Å². The van der Waals surface area contributed by atoms with Crippen LogP contribution in [-0.4, -0.2) is 17.0 Å². The lowest BCUT2D eigenvalue weighted by molar-refractivity contribution is -0.133. The predicted molar refractivity (Wildman–Crippen MR) is 78.8 cm³/mol. The first kappa shape index (κ1) is 14.8. The lowest BCUT2D eigenvalue weighted by Gasteiger charge is -2.12. The largest absolute Gasteiger partial charge is 0.478 e. The van der Waals surface area contributed by atoms with Gasteiger partial charge in [0.2, 0.25) is 5.91 Å². The van der Waals surface area contributed by atoms with Crippen molar-refractivity contribution in [3.63, 3.8) is 0 Å². The predicted octanol–water partition coefficient (Wildman–Crippen LogP) is 3.03. The quantitative estimate of drug-likeness (QED) is 0.847. The Balaban J connectivity index is 2.17. The number of nitrogens with one attached hydrogen (secondary N) is 1. The molecule has 1 aromatic carbocycles. The number of furan rings is 1. The lowest BCUT2D eigenvalue weighted by atomic mass is 10.1. The van der Waals surface area contributed by atoms with Crippen LogP contribution in [0.4, 0.5) is 0 Å². The molecule has 21 heavy (non-hydrogen) atoms. The molecule has 2 aromatic rings. The highest BCUT2D eigenvalue weighted by Gasteiger charge is 2.17. The van der Waals surface area contributed by atoms with Gasteiger partial charge in [-0.1, -0.05) is 18.2 Å². The lowest BCUT2D eigenvalue weighted by Crippen LogP contribution is -2.28. The molecule has 0 radical (unpaired) electrons. The second-order valence-corrected chi connectivity index (χ2v) is 4.94. The Bertz CT molecular complexity index is 694. The molecular formula is C16H17NO4. The molecule has 5 nitrogen and oxygen atoms in total. The van der Waals surface area contributed by atoms with E-state index in [-0.39, 0.29) is 17.2 Å². The summed E-state index contributed by atoms with van der Waals surface area (Å²) in [6.07, 6.45) is 0. The number of fused-ring (bicyclic) bond motifs is 1. The average Bonchev–Trinajstić information content (AvgIpc) is 2.89. The third-order valence-corrected chi connectivity index (χ3v) is 3.44. The number of benzene rings is 1. The zero-order valence-electron chi connectivity index (χ0n) is 12.1. The number of aliphatic carboxylic acids is 1. The van der Waals surface area contributed by atoms with Crippen LogP contribution < -0.4 is 5.32 Å². The number of para-hydroxylation sites is 1. The summed E-state index contributed by atoms with van der Waals surface area (Å²) in [6, 6.07) is 9.09. The molecule has 0 spiro atoms. The highest BCUT2D eigenvalue weighted by atomic mass is 16.4. The number of hydrogen-bond acceptors (Lipinski definition) is 3. The van der Waals surface area contributed by atoms with Crippen molar-refractivity contribution in [3.05, 3.63) is 47.2 Å².